The molecule has 410 valence electrons. The molecule has 0 aromatic heterocycles. The van der Waals surface area contributed by atoms with Gasteiger partial charge in [0.05, 0.1) is 13.2 Å². The van der Waals surface area contributed by atoms with Crippen LogP contribution in [0.4, 0.5) is 0 Å². The van der Waals surface area contributed by atoms with E-state index in [0.717, 1.165) is 83.5 Å². The molecule has 2 atom stereocenters. The first-order valence-corrected chi connectivity index (χ1v) is 30.6. The molecular formula is C61H108NO8P. The van der Waals surface area contributed by atoms with Gasteiger partial charge in [0, 0.05) is 19.4 Å². The van der Waals surface area contributed by atoms with Crippen molar-refractivity contribution in [3.63, 3.8) is 0 Å². The SMILES string of the molecule is CC/C=C\C/C=C\C/C=C\C/C=C\CCCCCCCCCCCCCCC(=O)OC(COC(=O)CCCCCCCCCCCC/C=C\C/C=C\C/C=C\CCCCCCC)COP(=O)(O)OCCN. The molecule has 0 saturated carbocycles. The Labute approximate surface area is 436 Å². The van der Waals surface area contributed by atoms with Crippen molar-refractivity contribution in [1.82, 2.24) is 0 Å². The Kier molecular flexibility index (Phi) is 54.2. The van der Waals surface area contributed by atoms with Gasteiger partial charge in [-0.15, -0.1) is 0 Å². The number of unbranched alkanes of at least 4 members (excludes halogenated alkanes) is 27. The first-order valence-electron chi connectivity index (χ1n) is 29.1. The van der Waals surface area contributed by atoms with Crippen LogP contribution in [-0.4, -0.2) is 49.3 Å². The second kappa shape index (κ2) is 56.5. The minimum absolute atomic E-state index is 0.0494. The second-order valence-corrected chi connectivity index (χ2v) is 20.6. The third-order valence-electron chi connectivity index (χ3n) is 12.3. The Morgan fingerprint density at radius 2 is 0.775 bits per heavy atom. The summed E-state index contributed by atoms with van der Waals surface area (Å²) in [5, 5.41) is 0. The number of hydrogen-bond donors (Lipinski definition) is 2. The van der Waals surface area contributed by atoms with Crippen LogP contribution in [0.15, 0.2) is 85.1 Å². The van der Waals surface area contributed by atoms with Gasteiger partial charge in [-0.3, -0.25) is 18.6 Å². The lowest BCUT2D eigenvalue weighted by atomic mass is 10.0. The molecule has 0 aliphatic heterocycles. The Morgan fingerprint density at radius 3 is 1.15 bits per heavy atom. The number of allylic oxidation sites excluding steroid dienone is 14. The van der Waals surface area contributed by atoms with Gasteiger partial charge in [0.25, 0.3) is 0 Å². The van der Waals surface area contributed by atoms with Crippen molar-refractivity contribution in [2.45, 2.75) is 264 Å². The van der Waals surface area contributed by atoms with Crippen LogP contribution < -0.4 is 5.73 Å². The maximum Gasteiger partial charge on any atom is 0.472 e. The Bertz CT molecular complexity index is 1440. The van der Waals surface area contributed by atoms with Gasteiger partial charge in [-0.25, -0.2) is 4.57 Å². The van der Waals surface area contributed by atoms with E-state index in [2.05, 4.69) is 98.9 Å². The van der Waals surface area contributed by atoms with Gasteiger partial charge in [0.15, 0.2) is 6.10 Å². The first-order chi connectivity index (χ1) is 34.8. The molecule has 10 heteroatoms. The molecule has 2 unspecified atom stereocenters. The standard InChI is InChI=1S/C61H108NO8P/c1-3-5-7-9-11-13-15-17-19-21-23-25-27-29-31-33-35-37-39-41-43-45-47-49-51-53-60(63)67-57-59(58-69-71(65,66)68-56-55-62)70-61(64)54-52-50-48-46-44-42-40-38-36-34-32-30-28-26-24-22-20-18-16-14-12-10-8-6-4-2/h6,8,12,14-15,17-18,20-21,23-24,26-27,29,59H,3-5,7,9-11,13,16,19,22,25,28,30-58,62H2,1-2H3,(H,65,66)/b8-6-,14-12-,17-15-,20-18-,23-21-,26-24-,29-27-. The van der Waals surface area contributed by atoms with Crippen molar-refractivity contribution >= 4 is 19.8 Å². The van der Waals surface area contributed by atoms with E-state index >= 15 is 0 Å². The molecule has 0 saturated heterocycles. The number of esters is 2. The van der Waals surface area contributed by atoms with Crippen molar-refractivity contribution in [3.8, 4) is 0 Å². The minimum atomic E-state index is -4.39. The number of ether oxygens (including phenoxy) is 2. The zero-order chi connectivity index (χ0) is 51.7. The fourth-order valence-electron chi connectivity index (χ4n) is 7.99. The normalized spacial score (nSPS) is 13.7. The van der Waals surface area contributed by atoms with Gasteiger partial charge in [-0.05, 0) is 89.9 Å². The molecule has 0 spiro atoms. The summed E-state index contributed by atoms with van der Waals surface area (Å²) in [5.41, 5.74) is 5.38. The predicted octanol–water partition coefficient (Wildman–Crippen LogP) is 18.3. The smallest absolute Gasteiger partial charge is 0.462 e. The number of rotatable bonds is 54. The van der Waals surface area contributed by atoms with E-state index in [1.165, 1.54) is 141 Å². The molecule has 0 heterocycles. The average Bonchev–Trinajstić information content (AvgIpc) is 3.36. The lowest BCUT2D eigenvalue weighted by Gasteiger charge is -2.19. The van der Waals surface area contributed by atoms with Gasteiger partial charge in [-0.1, -0.05) is 240 Å². The van der Waals surface area contributed by atoms with E-state index in [9.17, 15) is 19.0 Å². The van der Waals surface area contributed by atoms with E-state index < -0.39 is 26.5 Å². The number of carbonyl (C=O) groups is 2. The van der Waals surface area contributed by atoms with Gasteiger partial charge < -0.3 is 20.1 Å². The molecule has 0 rings (SSSR count). The fourth-order valence-corrected chi connectivity index (χ4v) is 8.75. The van der Waals surface area contributed by atoms with Crippen LogP contribution >= 0.6 is 7.82 Å². The quantitative estimate of drug-likeness (QED) is 0.0264. The molecule has 0 radical (unpaired) electrons. The van der Waals surface area contributed by atoms with Gasteiger partial charge >= 0.3 is 19.8 Å². The number of carbonyl (C=O) groups excluding carboxylic acids is 2. The Hall–Kier alpha value is -2.81. The molecule has 0 bridgehead atoms. The zero-order valence-electron chi connectivity index (χ0n) is 45.7. The summed E-state index contributed by atoms with van der Waals surface area (Å²) in [5.74, 6) is -0.832. The molecule has 0 aromatic rings. The van der Waals surface area contributed by atoms with E-state index in [1.54, 1.807) is 0 Å². The monoisotopic (exact) mass is 1010 g/mol. The predicted molar refractivity (Wildman–Crippen MR) is 302 cm³/mol. The van der Waals surface area contributed by atoms with Gasteiger partial charge in [0.1, 0.15) is 6.61 Å². The lowest BCUT2D eigenvalue weighted by Crippen LogP contribution is -2.29. The molecule has 9 nitrogen and oxygen atoms in total. The van der Waals surface area contributed by atoms with E-state index in [0.29, 0.717) is 6.42 Å². The van der Waals surface area contributed by atoms with E-state index in [-0.39, 0.29) is 38.6 Å². The maximum absolute atomic E-state index is 12.7. The summed E-state index contributed by atoms with van der Waals surface area (Å²) in [6, 6.07) is 0. The molecule has 0 aliphatic carbocycles. The summed E-state index contributed by atoms with van der Waals surface area (Å²) < 4.78 is 33.0. The third-order valence-corrected chi connectivity index (χ3v) is 13.2. The molecule has 3 N–H and O–H groups in total. The number of phosphoric ester groups is 1. The lowest BCUT2D eigenvalue weighted by molar-refractivity contribution is -0.161. The highest BCUT2D eigenvalue weighted by atomic mass is 31.2. The minimum Gasteiger partial charge on any atom is -0.462 e. The topological polar surface area (TPSA) is 134 Å². The molecule has 0 aromatic carbocycles. The van der Waals surface area contributed by atoms with Crippen LogP contribution in [0.3, 0.4) is 0 Å². The zero-order valence-corrected chi connectivity index (χ0v) is 46.6. The second-order valence-electron chi connectivity index (χ2n) is 19.1. The van der Waals surface area contributed by atoms with Crippen LogP contribution in [0.2, 0.25) is 0 Å². The van der Waals surface area contributed by atoms with Crippen molar-refractivity contribution in [2.24, 2.45) is 5.73 Å². The maximum atomic E-state index is 12.7. The average molecular weight is 1010 g/mol. The summed E-state index contributed by atoms with van der Waals surface area (Å²) in [4.78, 5) is 35.2. The molecule has 0 fully saturated rings. The number of hydrogen-bond acceptors (Lipinski definition) is 8. The summed E-state index contributed by atoms with van der Waals surface area (Å²) in [6.45, 7) is 3.63. The highest BCUT2D eigenvalue weighted by molar-refractivity contribution is 7.47. The Morgan fingerprint density at radius 1 is 0.437 bits per heavy atom. The van der Waals surface area contributed by atoms with Crippen LogP contribution in [0.5, 0.6) is 0 Å². The number of phosphoric acid groups is 1. The van der Waals surface area contributed by atoms with Gasteiger partial charge in [-0.2, -0.15) is 0 Å². The molecule has 0 aliphatic rings. The van der Waals surface area contributed by atoms with E-state index in [1.807, 2.05) is 0 Å². The molecule has 0 amide bonds. The first kappa shape index (κ1) is 68.2. The van der Waals surface area contributed by atoms with Crippen LogP contribution in [-0.2, 0) is 32.7 Å². The summed E-state index contributed by atoms with van der Waals surface area (Å²) >= 11 is 0. The van der Waals surface area contributed by atoms with Crippen molar-refractivity contribution in [3.05, 3.63) is 85.1 Å². The third kappa shape index (κ3) is 56.3. The summed E-state index contributed by atoms with van der Waals surface area (Å²) in [7, 11) is -4.39. The van der Waals surface area contributed by atoms with Crippen molar-refractivity contribution < 1.29 is 37.6 Å². The molecular weight excluding hydrogens is 906 g/mol. The Balaban J connectivity index is 4.00. The largest absolute Gasteiger partial charge is 0.472 e. The molecule has 71 heavy (non-hydrogen) atoms. The summed E-state index contributed by atoms with van der Waals surface area (Å²) in [6.07, 6.45) is 73.4. The van der Waals surface area contributed by atoms with Gasteiger partial charge in [0.2, 0.25) is 0 Å². The highest BCUT2D eigenvalue weighted by Gasteiger charge is 2.26. The van der Waals surface area contributed by atoms with Crippen LogP contribution in [0, 0.1) is 0 Å². The number of nitrogens with two attached hydrogens (primary N) is 1. The highest BCUT2D eigenvalue weighted by Crippen LogP contribution is 2.43. The fraction of sp³-hybridized carbons (Fsp3) is 0.738. The van der Waals surface area contributed by atoms with Crippen molar-refractivity contribution in [1.29, 1.82) is 0 Å². The van der Waals surface area contributed by atoms with Crippen molar-refractivity contribution in [2.75, 3.05) is 26.4 Å². The van der Waals surface area contributed by atoms with Crippen LogP contribution in [0.25, 0.3) is 0 Å². The van der Waals surface area contributed by atoms with Crippen LogP contribution in [0.1, 0.15) is 258 Å². The van der Waals surface area contributed by atoms with E-state index in [4.69, 9.17) is 24.3 Å².